The molecular formula is C6H17NSi. The average Bonchev–Trinajstić information content (AvgIpc) is 1.21. The van der Waals surface area contributed by atoms with Crippen molar-refractivity contribution in [2.45, 2.75) is 25.8 Å². The van der Waals surface area contributed by atoms with Gasteiger partial charge in [0.1, 0.15) is 0 Å². The fraction of sp³-hybridized carbons (Fsp3) is 1.00. The highest BCUT2D eigenvalue weighted by Crippen LogP contribution is 2.19. The molecule has 2 heteroatoms. The molecule has 0 fully saturated rings. The molecule has 0 saturated carbocycles. The van der Waals surface area contributed by atoms with Crippen molar-refractivity contribution in [1.82, 2.24) is 4.57 Å². The Bertz CT molecular complexity index is 63.4. The minimum atomic E-state index is 0.0177. The Morgan fingerprint density at radius 3 is 1.50 bits per heavy atom. The third kappa shape index (κ3) is 6.18. The van der Waals surface area contributed by atoms with Gasteiger partial charge >= 0.3 is 0 Å². The molecule has 0 unspecified atom stereocenters. The molecule has 0 amide bonds. The minimum absolute atomic E-state index is 0.0177. The molecule has 0 heterocycles. The van der Waals surface area contributed by atoms with Crippen LogP contribution in [0.3, 0.4) is 0 Å². The molecule has 1 nitrogen and oxygen atoms in total. The predicted molar refractivity (Wildman–Crippen MR) is 41.9 cm³/mol. The molecule has 0 radical (unpaired) electrons. The van der Waals surface area contributed by atoms with E-state index in [2.05, 4.69) is 39.4 Å². The van der Waals surface area contributed by atoms with Crippen LogP contribution in [0.15, 0.2) is 0 Å². The lowest BCUT2D eigenvalue weighted by molar-refractivity contribution is 0.601. The molecule has 0 saturated heterocycles. The van der Waals surface area contributed by atoms with Crippen molar-refractivity contribution in [2.24, 2.45) is 0 Å². The number of hydrogen-bond donors (Lipinski definition) is 0. The van der Waals surface area contributed by atoms with Gasteiger partial charge in [0.25, 0.3) is 0 Å². The summed E-state index contributed by atoms with van der Waals surface area (Å²) < 4.78 is 2.35. The topological polar surface area (TPSA) is 3.24 Å². The van der Waals surface area contributed by atoms with Crippen LogP contribution >= 0.6 is 0 Å². The second-order valence-corrected chi connectivity index (χ2v) is 7.50. The van der Waals surface area contributed by atoms with E-state index in [1.54, 1.807) is 0 Å². The SMILES string of the molecule is CN(C)[SiH2]C(C)(C)C. The molecule has 50 valence electrons. The third-order valence-electron chi connectivity index (χ3n) is 0.791. The van der Waals surface area contributed by atoms with Gasteiger partial charge in [0.15, 0.2) is 0 Å². The van der Waals surface area contributed by atoms with Gasteiger partial charge < -0.3 is 4.57 Å². The van der Waals surface area contributed by atoms with Gasteiger partial charge in [-0.15, -0.1) is 0 Å². The summed E-state index contributed by atoms with van der Waals surface area (Å²) >= 11 is 0. The van der Waals surface area contributed by atoms with E-state index in [9.17, 15) is 0 Å². The van der Waals surface area contributed by atoms with Gasteiger partial charge in [-0.05, 0) is 19.1 Å². The van der Waals surface area contributed by atoms with E-state index in [4.69, 9.17) is 0 Å². The first-order valence-electron chi connectivity index (χ1n) is 3.06. The van der Waals surface area contributed by atoms with E-state index in [-0.39, 0.29) is 9.68 Å². The highest BCUT2D eigenvalue weighted by atomic mass is 28.2. The van der Waals surface area contributed by atoms with Crippen molar-refractivity contribution in [3.8, 4) is 0 Å². The highest BCUT2D eigenvalue weighted by molar-refractivity contribution is 6.35. The molecular weight excluding hydrogens is 114 g/mol. The third-order valence-corrected chi connectivity index (χ3v) is 2.37. The summed E-state index contributed by atoms with van der Waals surface area (Å²) in [6, 6.07) is 0. The second-order valence-electron chi connectivity index (χ2n) is 3.80. The first-order valence-corrected chi connectivity index (χ1v) is 4.40. The van der Waals surface area contributed by atoms with Gasteiger partial charge in [-0.1, -0.05) is 20.8 Å². The number of rotatable bonds is 1. The van der Waals surface area contributed by atoms with Crippen molar-refractivity contribution in [3.05, 3.63) is 0 Å². The fourth-order valence-electron chi connectivity index (χ4n) is 0.949. The lowest BCUT2D eigenvalue weighted by Gasteiger charge is -2.21. The zero-order valence-electron chi connectivity index (χ0n) is 6.65. The molecule has 0 aromatic heterocycles. The molecule has 0 aliphatic heterocycles. The van der Waals surface area contributed by atoms with Crippen molar-refractivity contribution in [3.63, 3.8) is 0 Å². The number of nitrogens with zero attached hydrogens (tertiary/aromatic N) is 1. The Morgan fingerprint density at radius 1 is 1.12 bits per heavy atom. The van der Waals surface area contributed by atoms with E-state index in [1.165, 1.54) is 0 Å². The maximum absolute atomic E-state index is 2.35. The molecule has 0 rings (SSSR count). The van der Waals surface area contributed by atoms with Gasteiger partial charge in [-0.3, -0.25) is 0 Å². The van der Waals surface area contributed by atoms with Gasteiger partial charge in [0.05, 0.1) is 9.68 Å². The minimum Gasteiger partial charge on any atom is -0.334 e. The standard InChI is InChI=1S/C6H17NSi/c1-6(2,3)8-7(4)5/h8H2,1-5H3. The summed E-state index contributed by atoms with van der Waals surface area (Å²) in [4.78, 5) is 0. The zero-order valence-corrected chi connectivity index (χ0v) is 8.07. The van der Waals surface area contributed by atoms with Crippen LogP contribution in [-0.2, 0) is 0 Å². The van der Waals surface area contributed by atoms with Gasteiger partial charge in [-0.25, -0.2) is 0 Å². The van der Waals surface area contributed by atoms with Gasteiger partial charge in [0, 0.05) is 0 Å². The highest BCUT2D eigenvalue weighted by Gasteiger charge is 2.11. The Hall–Kier alpha value is 0.177. The summed E-state index contributed by atoms with van der Waals surface area (Å²) in [5.74, 6) is 0. The smallest absolute Gasteiger partial charge is 0.0996 e. The lowest BCUT2D eigenvalue weighted by atomic mass is 10.3. The largest absolute Gasteiger partial charge is 0.334 e. The lowest BCUT2D eigenvalue weighted by Crippen LogP contribution is -2.25. The molecule has 0 spiro atoms. The van der Waals surface area contributed by atoms with E-state index >= 15 is 0 Å². The van der Waals surface area contributed by atoms with Crippen LogP contribution in [0, 0.1) is 0 Å². The first-order chi connectivity index (χ1) is 3.42. The van der Waals surface area contributed by atoms with Crippen molar-refractivity contribution >= 4 is 9.68 Å². The van der Waals surface area contributed by atoms with Crippen LogP contribution in [0.2, 0.25) is 5.04 Å². The Balaban J connectivity index is 3.39. The maximum Gasteiger partial charge on any atom is 0.0996 e. The maximum atomic E-state index is 2.35. The summed E-state index contributed by atoms with van der Waals surface area (Å²) in [7, 11) is 4.35. The van der Waals surface area contributed by atoms with Crippen LogP contribution in [-0.4, -0.2) is 28.3 Å². The summed E-state index contributed by atoms with van der Waals surface area (Å²) in [6.07, 6.45) is 0. The van der Waals surface area contributed by atoms with E-state index < -0.39 is 0 Å². The van der Waals surface area contributed by atoms with E-state index in [0.717, 1.165) is 0 Å². The molecule has 0 aromatic rings. The average molecular weight is 131 g/mol. The quantitative estimate of drug-likeness (QED) is 0.477. The molecule has 0 N–H and O–H groups in total. The van der Waals surface area contributed by atoms with Crippen molar-refractivity contribution < 1.29 is 0 Å². The second kappa shape index (κ2) is 2.64. The van der Waals surface area contributed by atoms with Crippen molar-refractivity contribution in [2.75, 3.05) is 14.1 Å². The van der Waals surface area contributed by atoms with E-state index in [1.807, 2.05) is 0 Å². The van der Waals surface area contributed by atoms with E-state index in [0.29, 0.717) is 5.04 Å². The van der Waals surface area contributed by atoms with Gasteiger partial charge in [-0.2, -0.15) is 0 Å². The summed E-state index contributed by atoms with van der Waals surface area (Å²) in [5, 5.41) is 0.587. The molecule has 0 aromatic carbocycles. The molecule has 0 bridgehead atoms. The molecule has 0 aliphatic rings. The molecule has 0 atom stereocenters. The fourth-order valence-corrected chi connectivity index (χ4v) is 2.85. The van der Waals surface area contributed by atoms with Crippen LogP contribution in [0.25, 0.3) is 0 Å². The summed E-state index contributed by atoms with van der Waals surface area (Å²) in [6.45, 7) is 6.91. The molecule has 0 aliphatic carbocycles. The Kier molecular flexibility index (Phi) is 2.70. The summed E-state index contributed by atoms with van der Waals surface area (Å²) in [5.41, 5.74) is 0. The first kappa shape index (κ1) is 8.18. The van der Waals surface area contributed by atoms with Crippen LogP contribution in [0.4, 0.5) is 0 Å². The van der Waals surface area contributed by atoms with Crippen molar-refractivity contribution in [1.29, 1.82) is 0 Å². The van der Waals surface area contributed by atoms with Crippen LogP contribution in [0.5, 0.6) is 0 Å². The zero-order chi connectivity index (χ0) is 6.78. The van der Waals surface area contributed by atoms with Crippen LogP contribution in [0.1, 0.15) is 20.8 Å². The number of hydrogen-bond acceptors (Lipinski definition) is 1. The molecule has 8 heavy (non-hydrogen) atoms. The predicted octanol–water partition coefficient (Wildman–Crippen LogP) is 0.850. The van der Waals surface area contributed by atoms with Gasteiger partial charge in [0.2, 0.25) is 0 Å². The normalized spacial score (nSPS) is 14.2. The van der Waals surface area contributed by atoms with Crippen LogP contribution < -0.4 is 0 Å². The Labute approximate surface area is 55.0 Å². The monoisotopic (exact) mass is 131 g/mol. The Morgan fingerprint density at radius 2 is 1.50 bits per heavy atom.